The Balaban J connectivity index is 2.44. The van der Waals surface area contributed by atoms with Gasteiger partial charge in [0.15, 0.2) is 12.4 Å². The fourth-order valence-corrected chi connectivity index (χ4v) is 1.55. The molecule has 2 rings (SSSR count). The summed E-state index contributed by atoms with van der Waals surface area (Å²) >= 11 is 5.92. The number of hydrogen-bond donors (Lipinski definition) is 0. The lowest BCUT2D eigenvalue weighted by Gasteiger charge is -1.99. The number of benzene rings is 1. The summed E-state index contributed by atoms with van der Waals surface area (Å²) in [7, 11) is 2.00. The minimum atomic E-state index is 0.774. The van der Waals surface area contributed by atoms with Gasteiger partial charge in [-0.3, -0.25) is 0 Å². The van der Waals surface area contributed by atoms with E-state index in [0.29, 0.717) is 0 Å². The molecule has 0 fully saturated rings. The molecule has 1 aromatic carbocycles. The molecule has 0 aliphatic carbocycles. The summed E-state index contributed by atoms with van der Waals surface area (Å²) < 4.78 is 2.01. The summed E-state index contributed by atoms with van der Waals surface area (Å²) in [5, 5.41) is 0.774. The molecular formula is C12H11ClN+. The van der Waals surface area contributed by atoms with Crippen molar-refractivity contribution in [3.8, 4) is 11.1 Å². The van der Waals surface area contributed by atoms with Crippen LogP contribution in [0.5, 0.6) is 0 Å². The Morgan fingerprint density at radius 1 is 1.00 bits per heavy atom. The molecule has 14 heavy (non-hydrogen) atoms. The van der Waals surface area contributed by atoms with E-state index in [0.717, 1.165) is 10.6 Å². The number of hydrogen-bond acceptors (Lipinski definition) is 0. The van der Waals surface area contributed by atoms with Crippen molar-refractivity contribution in [2.45, 2.75) is 0 Å². The highest BCUT2D eigenvalue weighted by atomic mass is 35.5. The molecule has 2 heteroatoms. The Morgan fingerprint density at radius 3 is 2.36 bits per heavy atom. The molecule has 1 heterocycles. The van der Waals surface area contributed by atoms with Crippen LogP contribution in [0.25, 0.3) is 11.1 Å². The molecule has 0 radical (unpaired) electrons. The predicted molar refractivity (Wildman–Crippen MR) is 58.1 cm³/mol. The molecule has 0 amide bonds. The molecule has 0 saturated heterocycles. The lowest BCUT2D eigenvalue weighted by atomic mass is 10.1. The van der Waals surface area contributed by atoms with Gasteiger partial charge in [0.25, 0.3) is 0 Å². The fraction of sp³-hybridized carbons (Fsp3) is 0.0833. The third kappa shape index (κ3) is 1.94. The first-order chi connectivity index (χ1) is 6.75. The third-order valence-electron chi connectivity index (χ3n) is 2.14. The van der Waals surface area contributed by atoms with Crippen LogP contribution in [0, 0.1) is 0 Å². The molecule has 2 aromatic rings. The van der Waals surface area contributed by atoms with Crippen LogP contribution in [0.15, 0.2) is 48.8 Å². The maximum atomic E-state index is 5.92. The zero-order valence-corrected chi connectivity index (χ0v) is 8.70. The number of nitrogens with zero attached hydrogens (tertiary/aromatic N) is 1. The largest absolute Gasteiger partial charge is 0.208 e. The summed E-state index contributed by atoms with van der Waals surface area (Å²) in [6.45, 7) is 0. The van der Waals surface area contributed by atoms with Crippen molar-refractivity contribution in [2.24, 2.45) is 7.05 Å². The lowest BCUT2D eigenvalue weighted by Crippen LogP contribution is -2.25. The normalized spacial score (nSPS) is 10.1. The molecule has 0 atom stereocenters. The predicted octanol–water partition coefficient (Wildman–Crippen LogP) is 2.83. The van der Waals surface area contributed by atoms with Gasteiger partial charge in [-0.1, -0.05) is 23.7 Å². The summed E-state index contributed by atoms with van der Waals surface area (Å²) in [6, 6.07) is 12.0. The molecule has 1 aromatic heterocycles. The average Bonchev–Trinajstić information content (AvgIpc) is 2.19. The van der Waals surface area contributed by atoms with Crippen LogP contribution < -0.4 is 4.57 Å². The van der Waals surface area contributed by atoms with Crippen molar-refractivity contribution in [3.05, 3.63) is 53.8 Å². The molecule has 0 spiro atoms. The van der Waals surface area contributed by atoms with Crippen molar-refractivity contribution in [1.29, 1.82) is 0 Å². The number of pyridine rings is 1. The molecule has 1 nitrogen and oxygen atoms in total. The highest BCUT2D eigenvalue weighted by Crippen LogP contribution is 2.21. The second-order valence-corrected chi connectivity index (χ2v) is 3.70. The monoisotopic (exact) mass is 204 g/mol. The molecule has 0 N–H and O–H groups in total. The van der Waals surface area contributed by atoms with Crippen LogP contribution in [0.3, 0.4) is 0 Å². The van der Waals surface area contributed by atoms with E-state index in [4.69, 9.17) is 11.6 Å². The first-order valence-electron chi connectivity index (χ1n) is 4.47. The topological polar surface area (TPSA) is 3.88 Å². The Kier molecular flexibility index (Phi) is 2.51. The first kappa shape index (κ1) is 9.22. The van der Waals surface area contributed by atoms with Gasteiger partial charge in [-0.25, -0.2) is 4.57 Å². The van der Waals surface area contributed by atoms with Crippen LogP contribution >= 0.6 is 11.6 Å². The van der Waals surface area contributed by atoms with E-state index in [1.165, 1.54) is 5.56 Å². The minimum absolute atomic E-state index is 0.774. The highest BCUT2D eigenvalue weighted by molar-refractivity contribution is 6.30. The van der Waals surface area contributed by atoms with Gasteiger partial charge in [-0.15, -0.1) is 0 Å². The molecule has 0 bridgehead atoms. The quantitative estimate of drug-likeness (QED) is 0.629. The van der Waals surface area contributed by atoms with E-state index in [2.05, 4.69) is 18.2 Å². The number of halogens is 1. The zero-order chi connectivity index (χ0) is 9.97. The molecule has 70 valence electrons. The van der Waals surface area contributed by atoms with Crippen LogP contribution in [-0.2, 0) is 7.05 Å². The maximum absolute atomic E-state index is 5.92. The Labute approximate surface area is 88.6 Å². The van der Waals surface area contributed by atoms with E-state index < -0.39 is 0 Å². The van der Waals surface area contributed by atoms with Crippen LogP contribution in [0.2, 0.25) is 5.02 Å². The highest BCUT2D eigenvalue weighted by Gasteiger charge is 1.99. The smallest absolute Gasteiger partial charge is 0.169 e. The van der Waals surface area contributed by atoms with E-state index >= 15 is 0 Å². The van der Waals surface area contributed by atoms with E-state index in [1.54, 1.807) is 0 Å². The Hall–Kier alpha value is -1.34. The van der Waals surface area contributed by atoms with Crippen molar-refractivity contribution in [2.75, 3.05) is 0 Å². The van der Waals surface area contributed by atoms with Crippen molar-refractivity contribution >= 4 is 11.6 Å². The number of aryl methyl sites for hydroxylation is 1. The van der Waals surface area contributed by atoms with Crippen LogP contribution in [0.4, 0.5) is 0 Å². The molecular weight excluding hydrogens is 194 g/mol. The van der Waals surface area contributed by atoms with Gasteiger partial charge in [0, 0.05) is 17.2 Å². The van der Waals surface area contributed by atoms with Gasteiger partial charge in [0.1, 0.15) is 7.05 Å². The molecule has 0 aliphatic rings. The van der Waals surface area contributed by atoms with Gasteiger partial charge >= 0.3 is 0 Å². The maximum Gasteiger partial charge on any atom is 0.169 e. The molecule has 0 unspecified atom stereocenters. The summed E-state index contributed by atoms with van der Waals surface area (Å²) in [6.07, 6.45) is 4.05. The van der Waals surface area contributed by atoms with Crippen molar-refractivity contribution < 1.29 is 4.57 Å². The average molecular weight is 205 g/mol. The summed E-state index contributed by atoms with van der Waals surface area (Å²) in [5.74, 6) is 0. The molecule has 0 saturated carbocycles. The SMILES string of the molecule is C[n+]1ccc(-c2cccc(Cl)c2)cc1. The minimum Gasteiger partial charge on any atom is -0.208 e. The van der Waals surface area contributed by atoms with E-state index in [-0.39, 0.29) is 0 Å². The van der Waals surface area contributed by atoms with Gasteiger partial charge in [-0.2, -0.15) is 0 Å². The Bertz CT molecular complexity index is 434. The Morgan fingerprint density at radius 2 is 1.71 bits per heavy atom. The second-order valence-electron chi connectivity index (χ2n) is 3.26. The van der Waals surface area contributed by atoms with Crippen LogP contribution in [0.1, 0.15) is 0 Å². The van der Waals surface area contributed by atoms with Gasteiger partial charge in [0.2, 0.25) is 0 Å². The van der Waals surface area contributed by atoms with Gasteiger partial charge in [0.05, 0.1) is 0 Å². The first-order valence-corrected chi connectivity index (χ1v) is 4.85. The zero-order valence-electron chi connectivity index (χ0n) is 7.94. The lowest BCUT2D eigenvalue weighted by molar-refractivity contribution is -0.671. The standard InChI is InChI=1S/C12H11ClN/c1-14-7-5-10(6-8-14)11-3-2-4-12(13)9-11/h2-9H,1H3/q+1. The third-order valence-corrected chi connectivity index (χ3v) is 2.37. The van der Waals surface area contributed by atoms with E-state index in [9.17, 15) is 0 Å². The number of aromatic nitrogens is 1. The molecule has 0 aliphatic heterocycles. The van der Waals surface area contributed by atoms with Crippen molar-refractivity contribution in [3.63, 3.8) is 0 Å². The fourth-order valence-electron chi connectivity index (χ4n) is 1.36. The van der Waals surface area contributed by atoms with Crippen LogP contribution in [-0.4, -0.2) is 0 Å². The summed E-state index contributed by atoms with van der Waals surface area (Å²) in [5.41, 5.74) is 2.34. The summed E-state index contributed by atoms with van der Waals surface area (Å²) in [4.78, 5) is 0. The second kappa shape index (κ2) is 3.81. The van der Waals surface area contributed by atoms with Gasteiger partial charge < -0.3 is 0 Å². The van der Waals surface area contributed by atoms with Gasteiger partial charge in [-0.05, 0) is 23.3 Å². The van der Waals surface area contributed by atoms with Crippen molar-refractivity contribution in [1.82, 2.24) is 0 Å². The number of rotatable bonds is 1. The van der Waals surface area contributed by atoms with E-state index in [1.807, 2.05) is 42.2 Å².